The Labute approximate surface area is 170 Å². The van der Waals surface area contributed by atoms with E-state index < -0.39 is 12.7 Å². The number of aliphatic imine (C=N–C) groups is 1. The van der Waals surface area contributed by atoms with Crippen molar-refractivity contribution in [2.75, 3.05) is 32.7 Å². The molecule has 4 nitrogen and oxygen atoms in total. The van der Waals surface area contributed by atoms with E-state index in [0.717, 1.165) is 18.5 Å². The number of halogens is 4. The molecule has 0 saturated carbocycles. The predicted molar refractivity (Wildman–Crippen MR) is 110 cm³/mol. The van der Waals surface area contributed by atoms with Crippen molar-refractivity contribution in [2.24, 2.45) is 10.9 Å². The standard InChI is InChI=1S/C18H27F3N4.HI/c1-3-22-17(23-10-15-6-4-14(2)5-7-15)24-11-16-8-9-25(12-16)13-18(19,20)21;/h4-7,16H,3,8-13H2,1-2H3,(H2,22,23,24);1H. The van der Waals surface area contributed by atoms with Gasteiger partial charge < -0.3 is 10.6 Å². The lowest BCUT2D eigenvalue weighted by Gasteiger charge is -2.18. The molecular weight excluding hydrogens is 456 g/mol. The third kappa shape index (κ3) is 8.57. The summed E-state index contributed by atoms with van der Waals surface area (Å²) in [4.78, 5) is 6.03. The number of guanidine groups is 1. The molecule has 1 unspecified atom stereocenters. The molecule has 0 aromatic heterocycles. The van der Waals surface area contributed by atoms with Gasteiger partial charge in [0.05, 0.1) is 13.1 Å². The zero-order valence-electron chi connectivity index (χ0n) is 15.3. The zero-order chi connectivity index (χ0) is 18.3. The largest absolute Gasteiger partial charge is 0.401 e. The van der Waals surface area contributed by atoms with Crippen LogP contribution in [0.15, 0.2) is 29.3 Å². The van der Waals surface area contributed by atoms with E-state index in [2.05, 4.69) is 27.8 Å². The Morgan fingerprint density at radius 3 is 2.54 bits per heavy atom. The first-order valence-electron chi connectivity index (χ1n) is 8.72. The van der Waals surface area contributed by atoms with Crippen LogP contribution in [0.1, 0.15) is 24.5 Å². The summed E-state index contributed by atoms with van der Waals surface area (Å²) in [6.07, 6.45) is -3.34. The second-order valence-electron chi connectivity index (χ2n) is 6.57. The van der Waals surface area contributed by atoms with Crippen LogP contribution in [0.5, 0.6) is 0 Å². The van der Waals surface area contributed by atoms with Gasteiger partial charge in [-0.05, 0) is 38.3 Å². The summed E-state index contributed by atoms with van der Waals surface area (Å²) in [6.45, 7) is 6.14. The third-order valence-electron chi connectivity index (χ3n) is 4.22. The van der Waals surface area contributed by atoms with Gasteiger partial charge in [-0.15, -0.1) is 24.0 Å². The lowest BCUT2D eigenvalue weighted by Crippen LogP contribution is -2.40. The Bertz CT molecular complexity index is 561. The lowest BCUT2D eigenvalue weighted by atomic mass is 10.1. The van der Waals surface area contributed by atoms with E-state index in [-0.39, 0.29) is 29.9 Å². The van der Waals surface area contributed by atoms with Gasteiger partial charge >= 0.3 is 6.18 Å². The van der Waals surface area contributed by atoms with Crippen LogP contribution in [-0.2, 0) is 6.54 Å². The summed E-state index contributed by atoms with van der Waals surface area (Å²) in [5.41, 5.74) is 2.34. The average molecular weight is 484 g/mol. The van der Waals surface area contributed by atoms with E-state index in [9.17, 15) is 13.2 Å². The minimum atomic E-state index is -4.12. The maximum atomic E-state index is 12.4. The summed E-state index contributed by atoms with van der Waals surface area (Å²) in [5.74, 6) is 0.919. The number of rotatable bonds is 6. The van der Waals surface area contributed by atoms with Crippen LogP contribution in [0.3, 0.4) is 0 Å². The van der Waals surface area contributed by atoms with Crippen LogP contribution in [0.4, 0.5) is 13.2 Å². The van der Waals surface area contributed by atoms with Crippen LogP contribution < -0.4 is 10.6 Å². The van der Waals surface area contributed by atoms with Crippen molar-refractivity contribution in [3.8, 4) is 0 Å². The molecular formula is C18H28F3IN4. The Hall–Kier alpha value is -1.03. The zero-order valence-corrected chi connectivity index (χ0v) is 17.6. The fourth-order valence-electron chi connectivity index (χ4n) is 2.92. The average Bonchev–Trinajstić information content (AvgIpc) is 2.97. The van der Waals surface area contributed by atoms with E-state index in [1.807, 2.05) is 26.0 Å². The fraction of sp³-hybridized carbons (Fsp3) is 0.611. The van der Waals surface area contributed by atoms with Crippen molar-refractivity contribution >= 4 is 29.9 Å². The number of nitrogens with one attached hydrogen (secondary N) is 2. The van der Waals surface area contributed by atoms with E-state index in [0.29, 0.717) is 32.1 Å². The van der Waals surface area contributed by atoms with Crippen LogP contribution in [0, 0.1) is 12.8 Å². The van der Waals surface area contributed by atoms with Crippen LogP contribution in [0.2, 0.25) is 0 Å². The molecule has 0 radical (unpaired) electrons. The molecule has 1 heterocycles. The molecule has 0 bridgehead atoms. The second kappa shape index (κ2) is 11.0. The van der Waals surface area contributed by atoms with Crippen LogP contribution >= 0.6 is 24.0 Å². The van der Waals surface area contributed by atoms with Gasteiger partial charge in [-0.25, -0.2) is 4.99 Å². The SMILES string of the molecule is CCNC(=NCc1ccc(C)cc1)NCC1CCN(CC(F)(F)F)C1.I. The molecule has 148 valence electrons. The molecule has 0 amide bonds. The lowest BCUT2D eigenvalue weighted by molar-refractivity contribution is -0.143. The van der Waals surface area contributed by atoms with Crippen molar-refractivity contribution in [2.45, 2.75) is 33.0 Å². The molecule has 1 aliphatic rings. The highest BCUT2D eigenvalue weighted by Crippen LogP contribution is 2.22. The van der Waals surface area contributed by atoms with Crippen molar-refractivity contribution in [3.05, 3.63) is 35.4 Å². The van der Waals surface area contributed by atoms with E-state index >= 15 is 0 Å². The number of likely N-dealkylation sites (tertiary alicyclic amines) is 1. The minimum Gasteiger partial charge on any atom is -0.357 e. The maximum absolute atomic E-state index is 12.4. The first-order valence-corrected chi connectivity index (χ1v) is 8.72. The van der Waals surface area contributed by atoms with Gasteiger partial charge in [0, 0.05) is 19.6 Å². The second-order valence-corrected chi connectivity index (χ2v) is 6.57. The monoisotopic (exact) mass is 484 g/mol. The Balaban J connectivity index is 0.00000338. The number of hydrogen-bond donors (Lipinski definition) is 2. The third-order valence-corrected chi connectivity index (χ3v) is 4.22. The molecule has 1 saturated heterocycles. The van der Waals surface area contributed by atoms with Gasteiger partial charge in [0.15, 0.2) is 5.96 Å². The molecule has 26 heavy (non-hydrogen) atoms. The molecule has 1 atom stereocenters. The highest BCUT2D eigenvalue weighted by molar-refractivity contribution is 14.0. The van der Waals surface area contributed by atoms with Gasteiger partial charge in [0.25, 0.3) is 0 Å². The van der Waals surface area contributed by atoms with E-state index in [1.54, 1.807) is 0 Å². The molecule has 1 aromatic carbocycles. The van der Waals surface area contributed by atoms with Crippen molar-refractivity contribution in [3.63, 3.8) is 0 Å². The Morgan fingerprint density at radius 1 is 1.23 bits per heavy atom. The Kier molecular flexibility index (Phi) is 9.70. The summed E-state index contributed by atoms with van der Waals surface area (Å²) in [7, 11) is 0. The molecule has 1 fully saturated rings. The smallest absolute Gasteiger partial charge is 0.357 e. The number of aryl methyl sites for hydroxylation is 1. The van der Waals surface area contributed by atoms with Crippen molar-refractivity contribution < 1.29 is 13.2 Å². The number of alkyl halides is 3. The summed E-state index contributed by atoms with van der Waals surface area (Å²) >= 11 is 0. The summed E-state index contributed by atoms with van der Waals surface area (Å²) in [6, 6.07) is 8.21. The number of benzene rings is 1. The van der Waals surface area contributed by atoms with Gasteiger partial charge in [-0.3, -0.25) is 4.90 Å². The number of nitrogens with zero attached hydrogens (tertiary/aromatic N) is 2. The number of hydrogen-bond acceptors (Lipinski definition) is 2. The topological polar surface area (TPSA) is 39.7 Å². The maximum Gasteiger partial charge on any atom is 0.401 e. The summed E-state index contributed by atoms with van der Waals surface area (Å²) < 4.78 is 37.3. The molecule has 8 heteroatoms. The highest BCUT2D eigenvalue weighted by atomic mass is 127. The van der Waals surface area contributed by atoms with Gasteiger partial charge in [-0.1, -0.05) is 29.8 Å². The van der Waals surface area contributed by atoms with Gasteiger partial charge in [0.1, 0.15) is 0 Å². The van der Waals surface area contributed by atoms with Gasteiger partial charge in [0.2, 0.25) is 0 Å². The molecule has 0 aliphatic carbocycles. The minimum absolute atomic E-state index is 0. The summed E-state index contributed by atoms with van der Waals surface area (Å²) in [5, 5.41) is 6.44. The van der Waals surface area contributed by atoms with Crippen LogP contribution in [0.25, 0.3) is 0 Å². The van der Waals surface area contributed by atoms with Crippen molar-refractivity contribution in [1.82, 2.24) is 15.5 Å². The fourth-order valence-corrected chi connectivity index (χ4v) is 2.92. The normalized spacial score (nSPS) is 18.5. The quantitative estimate of drug-likeness (QED) is 0.369. The predicted octanol–water partition coefficient (Wildman–Crippen LogP) is 3.55. The molecule has 0 spiro atoms. The molecule has 1 aliphatic heterocycles. The first kappa shape index (κ1) is 23.0. The highest BCUT2D eigenvalue weighted by Gasteiger charge is 2.34. The van der Waals surface area contributed by atoms with Gasteiger partial charge in [-0.2, -0.15) is 13.2 Å². The molecule has 1 aromatic rings. The molecule has 2 N–H and O–H groups in total. The molecule has 2 rings (SSSR count). The van der Waals surface area contributed by atoms with E-state index in [1.165, 1.54) is 10.5 Å². The Morgan fingerprint density at radius 2 is 1.92 bits per heavy atom. The van der Waals surface area contributed by atoms with E-state index in [4.69, 9.17) is 0 Å². The van der Waals surface area contributed by atoms with Crippen LogP contribution in [-0.4, -0.2) is 49.8 Å². The van der Waals surface area contributed by atoms with Crippen molar-refractivity contribution in [1.29, 1.82) is 0 Å². The first-order chi connectivity index (χ1) is 11.9.